The molecule has 0 aliphatic carbocycles. The molecule has 0 saturated carbocycles. The second-order valence-corrected chi connectivity index (χ2v) is 12.4. The van der Waals surface area contributed by atoms with Gasteiger partial charge in [0.2, 0.25) is 0 Å². The molecule has 0 aromatic rings. The summed E-state index contributed by atoms with van der Waals surface area (Å²) in [5, 5.41) is 9.81. The number of aliphatic hydroxyl groups is 1. The molecule has 0 spiro atoms. The standard InChI is InChI=1S/C15H34O2Si/c1-11(2)14(12(3)10-13(4)16)17-18(8,9)15(5,6)7/h11-14,16H,10H2,1-9H3/t12-,13?,14-/m0/s1. The number of rotatable bonds is 6. The minimum absolute atomic E-state index is 0.241. The van der Waals surface area contributed by atoms with E-state index in [-0.39, 0.29) is 17.2 Å². The second-order valence-electron chi connectivity index (χ2n) is 7.65. The first-order valence-corrected chi connectivity index (χ1v) is 10.1. The summed E-state index contributed by atoms with van der Waals surface area (Å²) in [7, 11) is -1.73. The molecular formula is C15H34O2Si. The van der Waals surface area contributed by atoms with E-state index in [1.165, 1.54) is 0 Å². The zero-order valence-corrected chi connectivity index (χ0v) is 14.9. The van der Waals surface area contributed by atoms with E-state index in [0.717, 1.165) is 6.42 Å². The summed E-state index contributed by atoms with van der Waals surface area (Å²) in [4.78, 5) is 0. The van der Waals surface area contributed by atoms with E-state index in [2.05, 4.69) is 54.6 Å². The predicted molar refractivity (Wildman–Crippen MR) is 82.4 cm³/mol. The van der Waals surface area contributed by atoms with E-state index in [9.17, 15) is 5.11 Å². The zero-order chi connectivity index (χ0) is 14.7. The van der Waals surface area contributed by atoms with Gasteiger partial charge < -0.3 is 9.53 Å². The van der Waals surface area contributed by atoms with Crippen molar-refractivity contribution in [3.05, 3.63) is 0 Å². The Balaban J connectivity index is 4.84. The molecule has 0 bridgehead atoms. The van der Waals surface area contributed by atoms with E-state index in [1.807, 2.05) is 6.92 Å². The van der Waals surface area contributed by atoms with Crippen LogP contribution in [-0.4, -0.2) is 25.6 Å². The molecule has 3 atom stereocenters. The van der Waals surface area contributed by atoms with Crippen molar-refractivity contribution < 1.29 is 9.53 Å². The van der Waals surface area contributed by atoms with Gasteiger partial charge in [0.05, 0.1) is 6.10 Å². The monoisotopic (exact) mass is 274 g/mol. The lowest BCUT2D eigenvalue weighted by molar-refractivity contribution is 0.0528. The first-order valence-electron chi connectivity index (χ1n) is 7.24. The predicted octanol–water partition coefficient (Wildman–Crippen LogP) is 4.44. The Hall–Kier alpha value is 0.137. The van der Waals surface area contributed by atoms with Crippen LogP contribution >= 0.6 is 0 Å². The highest BCUT2D eigenvalue weighted by Gasteiger charge is 2.40. The maximum Gasteiger partial charge on any atom is 0.192 e. The number of aliphatic hydroxyl groups excluding tert-OH is 1. The number of hydrogen-bond donors (Lipinski definition) is 1. The SMILES string of the molecule is CC(O)C[C@H](C)[C@@H](O[Si](C)(C)C(C)(C)C)C(C)C. The van der Waals surface area contributed by atoms with Crippen LogP contribution in [0.15, 0.2) is 0 Å². The van der Waals surface area contributed by atoms with Crippen LogP contribution < -0.4 is 0 Å². The Morgan fingerprint density at radius 1 is 1.06 bits per heavy atom. The fraction of sp³-hybridized carbons (Fsp3) is 1.00. The average molecular weight is 275 g/mol. The Kier molecular flexibility index (Phi) is 6.58. The van der Waals surface area contributed by atoms with Crippen molar-refractivity contribution in [1.82, 2.24) is 0 Å². The van der Waals surface area contributed by atoms with E-state index in [4.69, 9.17) is 4.43 Å². The van der Waals surface area contributed by atoms with Gasteiger partial charge in [0.1, 0.15) is 0 Å². The highest BCUT2D eigenvalue weighted by atomic mass is 28.4. The molecule has 0 heterocycles. The second kappa shape index (κ2) is 6.53. The maximum atomic E-state index is 9.57. The fourth-order valence-corrected chi connectivity index (χ4v) is 3.64. The maximum absolute atomic E-state index is 9.57. The normalized spacial score (nSPS) is 18.8. The summed E-state index contributed by atoms with van der Waals surface area (Å²) < 4.78 is 6.55. The van der Waals surface area contributed by atoms with Gasteiger partial charge >= 0.3 is 0 Å². The highest BCUT2D eigenvalue weighted by Crippen LogP contribution is 2.39. The lowest BCUT2D eigenvalue weighted by Gasteiger charge is -2.42. The Morgan fingerprint density at radius 2 is 1.50 bits per heavy atom. The highest BCUT2D eigenvalue weighted by molar-refractivity contribution is 6.74. The topological polar surface area (TPSA) is 29.5 Å². The van der Waals surface area contributed by atoms with Crippen molar-refractivity contribution in [2.75, 3.05) is 0 Å². The van der Waals surface area contributed by atoms with E-state index in [1.54, 1.807) is 0 Å². The molecule has 0 aliphatic heterocycles. The molecule has 18 heavy (non-hydrogen) atoms. The molecular weight excluding hydrogens is 240 g/mol. The molecule has 0 rings (SSSR count). The average Bonchev–Trinajstić information content (AvgIpc) is 2.10. The van der Waals surface area contributed by atoms with E-state index in [0.29, 0.717) is 11.8 Å². The molecule has 110 valence electrons. The lowest BCUT2D eigenvalue weighted by atomic mass is 9.91. The van der Waals surface area contributed by atoms with E-state index >= 15 is 0 Å². The summed E-state index contributed by atoms with van der Waals surface area (Å²) >= 11 is 0. The molecule has 0 amide bonds. The minimum atomic E-state index is -1.73. The third-order valence-corrected chi connectivity index (χ3v) is 8.64. The van der Waals surface area contributed by atoms with Gasteiger partial charge in [-0.2, -0.15) is 0 Å². The molecule has 0 radical (unpaired) electrons. The molecule has 0 aliphatic rings. The smallest absolute Gasteiger partial charge is 0.192 e. The molecule has 0 fully saturated rings. The van der Waals surface area contributed by atoms with Gasteiger partial charge in [0, 0.05) is 6.10 Å². The van der Waals surface area contributed by atoms with E-state index < -0.39 is 8.32 Å². The summed E-state index contributed by atoms with van der Waals surface area (Å²) in [5.41, 5.74) is 0. The van der Waals surface area contributed by atoms with Crippen molar-refractivity contribution in [2.45, 2.75) is 85.2 Å². The van der Waals surface area contributed by atoms with Crippen LogP contribution in [0.2, 0.25) is 18.1 Å². The summed E-state index contributed by atoms with van der Waals surface area (Å²) in [5.74, 6) is 0.895. The molecule has 1 unspecified atom stereocenters. The molecule has 1 N–H and O–H groups in total. The first kappa shape index (κ1) is 18.1. The molecule has 0 aromatic carbocycles. The minimum Gasteiger partial charge on any atom is -0.413 e. The van der Waals surface area contributed by atoms with Gasteiger partial charge in [-0.1, -0.05) is 41.5 Å². The van der Waals surface area contributed by atoms with Gasteiger partial charge in [-0.05, 0) is 43.3 Å². The lowest BCUT2D eigenvalue weighted by Crippen LogP contribution is -2.47. The largest absolute Gasteiger partial charge is 0.413 e. The van der Waals surface area contributed by atoms with Crippen LogP contribution in [0, 0.1) is 11.8 Å². The van der Waals surface area contributed by atoms with Crippen molar-refractivity contribution in [3.63, 3.8) is 0 Å². The van der Waals surface area contributed by atoms with Gasteiger partial charge in [0.15, 0.2) is 8.32 Å². The van der Waals surface area contributed by atoms with Gasteiger partial charge in [0.25, 0.3) is 0 Å². The van der Waals surface area contributed by atoms with Crippen molar-refractivity contribution in [3.8, 4) is 0 Å². The van der Waals surface area contributed by atoms with Crippen LogP contribution in [0.5, 0.6) is 0 Å². The summed E-state index contributed by atoms with van der Waals surface area (Å²) in [6.07, 6.45) is 0.821. The quantitative estimate of drug-likeness (QED) is 0.726. The molecule has 0 saturated heterocycles. The van der Waals surface area contributed by atoms with Crippen LogP contribution in [0.1, 0.15) is 54.9 Å². The molecule has 3 heteroatoms. The third kappa shape index (κ3) is 5.41. The van der Waals surface area contributed by atoms with Crippen molar-refractivity contribution in [1.29, 1.82) is 0 Å². The number of hydrogen-bond acceptors (Lipinski definition) is 2. The Morgan fingerprint density at radius 3 is 1.78 bits per heavy atom. The Bertz CT molecular complexity index is 241. The van der Waals surface area contributed by atoms with Crippen molar-refractivity contribution in [2.24, 2.45) is 11.8 Å². The third-order valence-electron chi connectivity index (χ3n) is 4.17. The van der Waals surface area contributed by atoms with Crippen LogP contribution in [0.3, 0.4) is 0 Å². The van der Waals surface area contributed by atoms with Gasteiger partial charge in [-0.15, -0.1) is 0 Å². The zero-order valence-electron chi connectivity index (χ0n) is 13.9. The fourth-order valence-electron chi connectivity index (χ4n) is 2.10. The molecule has 2 nitrogen and oxygen atoms in total. The van der Waals surface area contributed by atoms with Crippen molar-refractivity contribution >= 4 is 8.32 Å². The summed E-state index contributed by atoms with van der Waals surface area (Å²) in [6, 6.07) is 0. The first-order chi connectivity index (χ1) is 7.88. The van der Waals surface area contributed by atoms with Crippen LogP contribution in [-0.2, 0) is 4.43 Å². The van der Waals surface area contributed by atoms with Gasteiger partial charge in [-0.25, -0.2) is 0 Å². The molecule has 0 aromatic heterocycles. The van der Waals surface area contributed by atoms with Crippen LogP contribution in [0.4, 0.5) is 0 Å². The van der Waals surface area contributed by atoms with Gasteiger partial charge in [-0.3, -0.25) is 0 Å². The summed E-state index contributed by atoms with van der Waals surface area (Å²) in [6.45, 7) is 19.9. The van der Waals surface area contributed by atoms with Crippen LogP contribution in [0.25, 0.3) is 0 Å². The Labute approximate surface area is 115 Å².